The van der Waals surface area contributed by atoms with Gasteiger partial charge in [0.2, 0.25) is 0 Å². The van der Waals surface area contributed by atoms with Crippen LogP contribution in [0.15, 0.2) is 0 Å². The summed E-state index contributed by atoms with van der Waals surface area (Å²) in [5, 5.41) is 0. The topological polar surface area (TPSA) is 40.1 Å². The van der Waals surface area contributed by atoms with E-state index in [1.807, 2.05) is 20.8 Å². The average Bonchev–Trinajstić information content (AvgIpc) is 1.59. The maximum Gasteiger partial charge on any atom is 0.396 e. The molecule has 1 atom stereocenters. The Labute approximate surface area is 63.8 Å². The normalized spacial score (nSPS) is 13.6. The quantitative estimate of drug-likeness (QED) is 0.487. The molecule has 0 aromatic carbocycles. The molecular formula is C4H9O2PS2. The lowest BCUT2D eigenvalue weighted by molar-refractivity contribution is -0.157. The van der Waals surface area contributed by atoms with Gasteiger partial charge in [0.05, 0.1) is 0 Å². The van der Waals surface area contributed by atoms with E-state index in [1.165, 1.54) is 10.8 Å². The van der Waals surface area contributed by atoms with Crippen molar-refractivity contribution < 1.29 is 9.46 Å². The highest BCUT2D eigenvalue weighted by atomic mass is 33.3. The van der Waals surface area contributed by atoms with E-state index < -0.39 is 7.23 Å². The lowest BCUT2D eigenvalue weighted by atomic mass is 10.3. The van der Waals surface area contributed by atoms with Crippen LogP contribution in [0.25, 0.3) is 0 Å². The van der Waals surface area contributed by atoms with Gasteiger partial charge in [0.1, 0.15) is 0 Å². The molecule has 0 heterocycles. The third kappa shape index (κ3) is 8.76. The van der Waals surface area contributed by atoms with Crippen LogP contribution in [0.1, 0.15) is 20.8 Å². The highest BCUT2D eigenvalue weighted by molar-refractivity contribution is 8.96. The lowest BCUT2D eigenvalue weighted by Gasteiger charge is -2.11. The second kappa shape index (κ2) is 3.81. The summed E-state index contributed by atoms with van der Waals surface area (Å²) in [4.78, 5) is 10.0. The molecule has 0 aromatic heterocycles. The first-order valence-corrected chi connectivity index (χ1v) is 6.35. The molecule has 0 saturated carbocycles. The maximum atomic E-state index is 10.0. The first-order valence-electron chi connectivity index (χ1n) is 2.42. The zero-order valence-electron chi connectivity index (χ0n) is 5.58. The third-order valence-corrected chi connectivity index (χ3v) is 4.90. The Morgan fingerprint density at radius 2 is 1.89 bits per heavy atom. The van der Waals surface area contributed by atoms with Crippen LogP contribution < -0.4 is 4.89 Å². The first-order chi connectivity index (χ1) is 3.92. The minimum atomic E-state index is -2.29. The molecule has 0 saturated heterocycles. The predicted molar refractivity (Wildman–Crippen MR) is 42.5 cm³/mol. The van der Waals surface area contributed by atoms with Crippen molar-refractivity contribution in [1.82, 2.24) is 0 Å². The molecule has 54 valence electrons. The summed E-state index contributed by atoms with van der Waals surface area (Å²) in [6, 6.07) is 0. The van der Waals surface area contributed by atoms with Gasteiger partial charge in [-0.15, -0.1) is 0 Å². The summed E-state index contributed by atoms with van der Waals surface area (Å²) in [7, 11) is -0.0145. The predicted octanol–water partition coefficient (Wildman–Crippen LogP) is 2.18. The molecule has 0 aliphatic rings. The minimum absolute atomic E-state index is 0.0278. The summed E-state index contributed by atoms with van der Waals surface area (Å²) >= 11 is 0. The summed E-state index contributed by atoms with van der Waals surface area (Å²) in [5.41, 5.74) is 0. The monoisotopic (exact) mass is 184 g/mol. The van der Waals surface area contributed by atoms with Crippen molar-refractivity contribution in [3.05, 3.63) is 0 Å². The molecule has 9 heavy (non-hydrogen) atoms. The molecule has 0 N–H and O–H groups in total. The zero-order chi connectivity index (χ0) is 7.49. The summed E-state index contributed by atoms with van der Waals surface area (Å²) in [6.07, 6.45) is 0. The first kappa shape index (κ1) is 9.76. The van der Waals surface area contributed by atoms with Gasteiger partial charge >= 0.3 is 7.23 Å². The van der Waals surface area contributed by atoms with E-state index >= 15 is 0 Å². The van der Waals surface area contributed by atoms with E-state index in [0.29, 0.717) is 0 Å². The van der Waals surface area contributed by atoms with Gasteiger partial charge in [-0.3, -0.25) is 0 Å². The zero-order valence-corrected chi connectivity index (χ0v) is 8.11. The molecule has 1 unspecified atom stereocenters. The highest BCUT2D eigenvalue weighted by Crippen LogP contribution is 2.46. The van der Waals surface area contributed by atoms with Gasteiger partial charge < -0.3 is 4.89 Å². The average molecular weight is 184 g/mol. The van der Waals surface area contributed by atoms with Crippen LogP contribution in [0.2, 0.25) is 0 Å². The molecule has 0 radical (unpaired) electrons. The summed E-state index contributed by atoms with van der Waals surface area (Å²) in [5.74, 6) is 0. The van der Waals surface area contributed by atoms with Gasteiger partial charge in [-0.25, -0.2) is 0 Å². The Balaban J connectivity index is 3.39. The molecule has 0 aliphatic heterocycles. The Morgan fingerprint density at radius 1 is 1.44 bits per heavy atom. The molecule has 0 spiro atoms. The van der Waals surface area contributed by atoms with Crippen LogP contribution in [-0.2, 0) is 4.57 Å². The van der Waals surface area contributed by atoms with Gasteiger partial charge in [-0.2, -0.15) is 0 Å². The second-order valence-electron chi connectivity index (χ2n) is 2.49. The number of hydrogen-bond acceptors (Lipinski definition) is 4. The van der Waals surface area contributed by atoms with E-state index in [4.69, 9.17) is 0 Å². The van der Waals surface area contributed by atoms with E-state index in [1.54, 1.807) is 0 Å². The largest absolute Gasteiger partial charge is 0.584 e. The van der Waals surface area contributed by atoms with Gasteiger partial charge in [0.15, 0.2) is 10.4 Å². The van der Waals surface area contributed by atoms with Crippen molar-refractivity contribution in [2.75, 3.05) is 0 Å². The van der Waals surface area contributed by atoms with Crippen molar-refractivity contribution >= 4 is 28.4 Å². The van der Waals surface area contributed by atoms with Gasteiger partial charge in [-0.05, 0) is 31.6 Å². The molecule has 0 amide bonds. The molecule has 0 fully saturated rings. The van der Waals surface area contributed by atoms with Crippen molar-refractivity contribution in [1.29, 1.82) is 0 Å². The Kier molecular flexibility index (Phi) is 4.14. The third-order valence-electron chi connectivity index (χ3n) is 0.348. The number of rotatable bonds is 2. The fourth-order valence-electron chi connectivity index (χ4n) is 0.142. The molecule has 0 rings (SSSR count). The minimum Gasteiger partial charge on any atom is -0.584 e. The van der Waals surface area contributed by atoms with Crippen molar-refractivity contribution in [3.63, 3.8) is 0 Å². The maximum absolute atomic E-state index is 10.0. The lowest BCUT2D eigenvalue weighted by Crippen LogP contribution is -2.04. The van der Waals surface area contributed by atoms with Crippen LogP contribution in [0.4, 0.5) is 0 Å². The molecule has 0 aliphatic carbocycles. The molecule has 5 heteroatoms. The fourth-order valence-corrected chi connectivity index (χ4v) is 3.84. The van der Waals surface area contributed by atoms with Crippen LogP contribution in [0.5, 0.6) is 0 Å². The molecule has 0 aromatic rings. The summed E-state index contributed by atoms with van der Waals surface area (Å²) < 4.78 is 10.1. The SMILES string of the molecule is CC(C)(C)SS[P+](=O)[O-]. The highest BCUT2D eigenvalue weighted by Gasteiger charge is 2.16. The molecule has 2 nitrogen and oxygen atoms in total. The van der Waals surface area contributed by atoms with Crippen LogP contribution in [0, 0.1) is 0 Å². The van der Waals surface area contributed by atoms with E-state index in [9.17, 15) is 9.46 Å². The van der Waals surface area contributed by atoms with Gasteiger partial charge in [0, 0.05) is 4.75 Å². The second-order valence-corrected chi connectivity index (χ2v) is 7.66. The molecule has 0 bridgehead atoms. The van der Waals surface area contributed by atoms with Crippen molar-refractivity contribution in [2.45, 2.75) is 25.5 Å². The Bertz CT molecular complexity index is 110. The van der Waals surface area contributed by atoms with Crippen LogP contribution >= 0.6 is 28.4 Å². The van der Waals surface area contributed by atoms with Crippen LogP contribution in [0.3, 0.4) is 0 Å². The van der Waals surface area contributed by atoms with Crippen LogP contribution in [-0.4, -0.2) is 4.75 Å². The molecular weight excluding hydrogens is 175 g/mol. The Hall–Kier alpha value is 0.760. The van der Waals surface area contributed by atoms with E-state index in [-0.39, 0.29) is 4.75 Å². The smallest absolute Gasteiger partial charge is 0.396 e. The van der Waals surface area contributed by atoms with Crippen molar-refractivity contribution in [3.8, 4) is 0 Å². The van der Waals surface area contributed by atoms with Gasteiger partial charge in [-0.1, -0.05) is 4.57 Å². The van der Waals surface area contributed by atoms with Gasteiger partial charge in [0.25, 0.3) is 0 Å². The standard InChI is InChI=1S/C4H9O2PS2/c1-4(2,3)8-9-7(5)6/h1-3H3. The number of hydrogen-bond donors (Lipinski definition) is 0. The van der Waals surface area contributed by atoms with Crippen molar-refractivity contribution in [2.24, 2.45) is 0 Å². The fraction of sp³-hybridized carbons (Fsp3) is 1.00. The van der Waals surface area contributed by atoms with E-state index in [0.717, 1.165) is 10.4 Å². The Morgan fingerprint density at radius 3 is 2.00 bits per heavy atom. The summed E-state index contributed by atoms with van der Waals surface area (Å²) in [6.45, 7) is 5.93. The van der Waals surface area contributed by atoms with E-state index in [2.05, 4.69) is 0 Å².